The summed E-state index contributed by atoms with van der Waals surface area (Å²) < 4.78 is 2.28. The van der Waals surface area contributed by atoms with Crippen molar-refractivity contribution >= 4 is 22.9 Å². The van der Waals surface area contributed by atoms with E-state index < -0.39 is 0 Å². The van der Waals surface area contributed by atoms with Gasteiger partial charge in [-0.15, -0.1) is 0 Å². The van der Waals surface area contributed by atoms with Gasteiger partial charge in [-0.05, 0) is 64.0 Å². The van der Waals surface area contributed by atoms with Gasteiger partial charge in [0.05, 0.1) is 5.92 Å². The lowest BCUT2D eigenvalue weighted by Gasteiger charge is -2.33. The van der Waals surface area contributed by atoms with Crippen molar-refractivity contribution in [3.05, 3.63) is 12.2 Å². The zero-order valence-electron chi connectivity index (χ0n) is 20.1. The zero-order valence-corrected chi connectivity index (χ0v) is 20.1. The fraction of sp³-hybridized carbons (Fsp3) is 0.760. The van der Waals surface area contributed by atoms with E-state index in [4.69, 9.17) is 4.98 Å². The summed E-state index contributed by atoms with van der Waals surface area (Å²) in [6.07, 6.45) is 11.9. The molecule has 5 rings (SSSR count). The lowest BCUT2D eigenvalue weighted by molar-refractivity contribution is -0.125. The first kappa shape index (κ1) is 22.6. The minimum Gasteiger partial charge on any atom is -0.356 e. The van der Waals surface area contributed by atoms with Crippen molar-refractivity contribution < 1.29 is 4.79 Å². The summed E-state index contributed by atoms with van der Waals surface area (Å²) in [5, 5.41) is 3.21. The molecule has 0 spiro atoms. The van der Waals surface area contributed by atoms with E-state index in [1.165, 1.54) is 45.2 Å². The van der Waals surface area contributed by atoms with Crippen LogP contribution in [-0.4, -0.2) is 69.6 Å². The molecule has 0 unspecified atom stereocenters. The number of anilines is 1. The van der Waals surface area contributed by atoms with Crippen LogP contribution in [0.2, 0.25) is 0 Å². The Kier molecular flexibility index (Phi) is 7.09. The normalized spacial score (nSPS) is 24.5. The molecule has 0 radical (unpaired) electrons. The van der Waals surface area contributed by atoms with Crippen LogP contribution in [0.5, 0.6) is 0 Å². The molecule has 0 aliphatic carbocycles. The number of nitrogens with zero attached hydrogens (tertiary/aromatic N) is 6. The number of aryl methyl sites for hydroxylation is 2. The number of hydrogen-bond donors (Lipinski definition) is 1. The molecule has 8 nitrogen and oxygen atoms in total. The first-order chi connectivity index (χ1) is 16.2. The summed E-state index contributed by atoms with van der Waals surface area (Å²) in [6.45, 7) is 9.24. The minimum atomic E-state index is 0.0132. The maximum atomic E-state index is 12.9. The van der Waals surface area contributed by atoms with Gasteiger partial charge >= 0.3 is 0 Å². The number of amides is 1. The Balaban J connectivity index is 1.18. The molecule has 1 amide bonds. The molecule has 2 saturated heterocycles. The van der Waals surface area contributed by atoms with Crippen LogP contribution < -0.4 is 10.2 Å². The SMILES string of the molecule is C[C@@H]1CCCN(CCCNC(=O)[C@@H]2CCCN(c3ncnc4c3nc3n4CCCCC3)C2)C1. The molecule has 8 heteroatoms. The number of fused-ring (bicyclic) bond motifs is 3. The Morgan fingerprint density at radius 3 is 2.88 bits per heavy atom. The number of piperidine rings is 2. The molecule has 3 aliphatic heterocycles. The third kappa shape index (κ3) is 5.15. The highest BCUT2D eigenvalue weighted by atomic mass is 16.1. The van der Waals surface area contributed by atoms with E-state index in [0.29, 0.717) is 6.54 Å². The van der Waals surface area contributed by atoms with Crippen LogP contribution in [-0.2, 0) is 17.8 Å². The maximum Gasteiger partial charge on any atom is 0.224 e. The van der Waals surface area contributed by atoms with Gasteiger partial charge in [0, 0.05) is 39.1 Å². The quantitative estimate of drug-likeness (QED) is 0.678. The Morgan fingerprint density at radius 2 is 1.97 bits per heavy atom. The summed E-state index contributed by atoms with van der Waals surface area (Å²) in [7, 11) is 0. The van der Waals surface area contributed by atoms with Gasteiger partial charge in [-0.1, -0.05) is 13.3 Å². The molecule has 0 aromatic carbocycles. The molecule has 33 heavy (non-hydrogen) atoms. The number of likely N-dealkylation sites (tertiary alicyclic amines) is 1. The summed E-state index contributed by atoms with van der Waals surface area (Å²) in [4.78, 5) is 31.9. The second-order valence-corrected chi connectivity index (χ2v) is 10.3. The number of nitrogens with one attached hydrogen (secondary N) is 1. The largest absolute Gasteiger partial charge is 0.356 e. The molecule has 2 fully saturated rings. The molecule has 1 N–H and O–H groups in total. The minimum absolute atomic E-state index is 0.0132. The molecular weight excluding hydrogens is 414 g/mol. The lowest BCUT2D eigenvalue weighted by Crippen LogP contribution is -2.44. The molecule has 0 bridgehead atoms. The third-order valence-electron chi connectivity index (χ3n) is 7.66. The molecule has 180 valence electrons. The average Bonchev–Trinajstić information content (AvgIpc) is 3.02. The van der Waals surface area contributed by atoms with Gasteiger partial charge in [0.1, 0.15) is 12.2 Å². The van der Waals surface area contributed by atoms with Gasteiger partial charge in [0.15, 0.2) is 17.0 Å². The average molecular weight is 454 g/mol. The number of hydrogen-bond acceptors (Lipinski definition) is 6. The van der Waals surface area contributed by atoms with Crippen LogP contribution in [0, 0.1) is 11.8 Å². The van der Waals surface area contributed by atoms with Gasteiger partial charge in [0.25, 0.3) is 0 Å². The Labute approximate surface area is 197 Å². The maximum absolute atomic E-state index is 12.9. The Hall–Kier alpha value is -2.22. The fourth-order valence-electron chi connectivity index (χ4n) is 5.89. The Morgan fingerprint density at radius 1 is 1.06 bits per heavy atom. The smallest absolute Gasteiger partial charge is 0.224 e. The third-order valence-corrected chi connectivity index (χ3v) is 7.66. The summed E-state index contributed by atoms with van der Waals surface area (Å²) in [5.74, 6) is 3.05. The van der Waals surface area contributed by atoms with E-state index in [9.17, 15) is 4.79 Å². The monoisotopic (exact) mass is 453 g/mol. The number of aromatic nitrogens is 4. The van der Waals surface area contributed by atoms with E-state index in [2.05, 4.69) is 36.6 Å². The summed E-state index contributed by atoms with van der Waals surface area (Å²) in [5.41, 5.74) is 1.86. The highest BCUT2D eigenvalue weighted by Gasteiger charge is 2.29. The highest BCUT2D eigenvalue weighted by Crippen LogP contribution is 2.29. The van der Waals surface area contributed by atoms with Gasteiger partial charge in [-0.25, -0.2) is 15.0 Å². The van der Waals surface area contributed by atoms with Crippen molar-refractivity contribution in [3.63, 3.8) is 0 Å². The molecule has 3 aliphatic rings. The molecule has 2 atom stereocenters. The van der Waals surface area contributed by atoms with E-state index >= 15 is 0 Å². The number of rotatable bonds is 6. The van der Waals surface area contributed by atoms with Crippen molar-refractivity contribution in [2.75, 3.05) is 44.2 Å². The molecule has 2 aromatic heterocycles. The van der Waals surface area contributed by atoms with Crippen molar-refractivity contribution in [3.8, 4) is 0 Å². The number of carbonyl (C=O) groups is 1. The Bertz CT molecular complexity index is 958. The van der Waals surface area contributed by atoms with Crippen LogP contribution in [0.15, 0.2) is 6.33 Å². The standard InChI is InChI=1S/C25H39N7O/c1-19-8-5-12-30(16-19)13-7-11-26-25(33)20-9-6-14-31(17-20)23-22-24(28-18-27-23)32-15-4-2-3-10-21(32)29-22/h18-20H,2-17H2,1H3,(H,26,33)/t19-,20-/m1/s1. The number of imidazole rings is 1. The lowest BCUT2D eigenvalue weighted by atomic mass is 9.97. The van der Waals surface area contributed by atoms with Crippen LogP contribution in [0.3, 0.4) is 0 Å². The molecule has 0 saturated carbocycles. The van der Waals surface area contributed by atoms with E-state index in [1.54, 1.807) is 6.33 Å². The molecular formula is C25H39N7O. The predicted molar refractivity (Wildman–Crippen MR) is 130 cm³/mol. The first-order valence-corrected chi connectivity index (χ1v) is 13.1. The topological polar surface area (TPSA) is 79.2 Å². The summed E-state index contributed by atoms with van der Waals surface area (Å²) in [6, 6.07) is 0. The van der Waals surface area contributed by atoms with Gasteiger partial charge < -0.3 is 19.7 Å². The molecule has 2 aromatic rings. The van der Waals surface area contributed by atoms with E-state index in [0.717, 1.165) is 80.6 Å². The second kappa shape index (κ2) is 10.4. The van der Waals surface area contributed by atoms with Crippen molar-refractivity contribution in [1.29, 1.82) is 0 Å². The van der Waals surface area contributed by atoms with Gasteiger partial charge in [0.2, 0.25) is 5.91 Å². The zero-order chi connectivity index (χ0) is 22.6. The predicted octanol–water partition coefficient (Wildman–Crippen LogP) is 3.01. The van der Waals surface area contributed by atoms with Crippen molar-refractivity contribution in [2.45, 2.75) is 71.3 Å². The van der Waals surface area contributed by atoms with E-state index in [-0.39, 0.29) is 11.8 Å². The highest BCUT2D eigenvalue weighted by molar-refractivity contribution is 5.85. The summed E-state index contributed by atoms with van der Waals surface area (Å²) >= 11 is 0. The van der Waals surface area contributed by atoms with Crippen LogP contribution >= 0.6 is 0 Å². The number of carbonyl (C=O) groups excluding carboxylic acids is 1. The van der Waals surface area contributed by atoms with Crippen molar-refractivity contribution in [1.82, 2.24) is 29.7 Å². The fourth-order valence-corrected chi connectivity index (χ4v) is 5.89. The van der Waals surface area contributed by atoms with Crippen molar-refractivity contribution in [2.24, 2.45) is 11.8 Å². The first-order valence-electron chi connectivity index (χ1n) is 13.1. The molecule has 5 heterocycles. The van der Waals surface area contributed by atoms with Gasteiger partial charge in [-0.3, -0.25) is 4.79 Å². The van der Waals surface area contributed by atoms with Crippen LogP contribution in [0.25, 0.3) is 11.2 Å². The van der Waals surface area contributed by atoms with Crippen LogP contribution in [0.4, 0.5) is 5.82 Å². The van der Waals surface area contributed by atoms with E-state index in [1.807, 2.05) is 0 Å². The van der Waals surface area contributed by atoms with Crippen LogP contribution in [0.1, 0.15) is 64.1 Å². The second-order valence-electron chi connectivity index (χ2n) is 10.3. The van der Waals surface area contributed by atoms with Gasteiger partial charge in [-0.2, -0.15) is 0 Å².